The van der Waals surface area contributed by atoms with Crippen molar-refractivity contribution in [2.24, 2.45) is 5.92 Å². The minimum Gasteiger partial charge on any atom is -0.497 e. The fourth-order valence-corrected chi connectivity index (χ4v) is 4.26. The largest absolute Gasteiger partial charge is 0.497 e. The summed E-state index contributed by atoms with van der Waals surface area (Å²) >= 11 is 0. The molecule has 5 heteroatoms. The number of benzene rings is 1. The van der Waals surface area contributed by atoms with Crippen LogP contribution in [-0.4, -0.2) is 48.7 Å². The van der Waals surface area contributed by atoms with E-state index in [4.69, 9.17) is 4.74 Å². The van der Waals surface area contributed by atoms with Crippen LogP contribution in [0.25, 0.3) is 0 Å². The Bertz CT molecular complexity index is 594. The van der Waals surface area contributed by atoms with Gasteiger partial charge in [0.15, 0.2) is 0 Å². The van der Waals surface area contributed by atoms with Crippen molar-refractivity contribution in [1.82, 2.24) is 10.2 Å². The van der Waals surface area contributed by atoms with Gasteiger partial charge in [0.1, 0.15) is 5.75 Å². The van der Waals surface area contributed by atoms with Crippen LogP contribution in [0.5, 0.6) is 5.75 Å². The smallest absolute Gasteiger partial charge is 0.234 e. The van der Waals surface area contributed by atoms with E-state index in [1.165, 1.54) is 19.3 Å². The zero-order valence-electron chi connectivity index (χ0n) is 16.0. The summed E-state index contributed by atoms with van der Waals surface area (Å²) < 4.78 is 5.19. The zero-order chi connectivity index (χ0) is 18.6. The van der Waals surface area contributed by atoms with Crippen LogP contribution >= 0.6 is 0 Å². The maximum Gasteiger partial charge on any atom is 0.234 e. The average Bonchev–Trinajstić information content (AvgIpc) is 2.66. The Labute approximate surface area is 156 Å². The number of nitrogens with one attached hydrogen (secondary N) is 1. The van der Waals surface area contributed by atoms with E-state index in [0.717, 1.165) is 30.8 Å². The molecule has 2 unspecified atom stereocenters. The van der Waals surface area contributed by atoms with E-state index >= 15 is 0 Å². The van der Waals surface area contributed by atoms with Crippen molar-refractivity contribution in [1.29, 1.82) is 0 Å². The molecule has 2 N–H and O–H groups in total. The third kappa shape index (κ3) is 4.57. The second-order valence-electron chi connectivity index (χ2n) is 7.97. The molecular formula is C21H32N2O3. The van der Waals surface area contributed by atoms with Crippen LogP contribution in [0.1, 0.15) is 51.0 Å². The number of hydrogen-bond acceptors (Lipinski definition) is 4. The molecular weight excluding hydrogens is 328 g/mol. The number of ether oxygens (including phenoxy) is 1. The predicted octanol–water partition coefficient (Wildman–Crippen LogP) is 2.67. The van der Waals surface area contributed by atoms with Gasteiger partial charge in [-0.2, -0.15) is 0 Å². The standard InChI is InChI=1S/C21H32N2O3/c1-16-5-3-4-6-19(16)22-20(24)15-23-13-11-21(25,12-14-23)17-7-9-18(26-2)10-8-17/h7-10,16,19,25H,3-6,11-15H2,1-2H3,(H,22,24). The minimum atomic E-state index is -0.808. The number of hydrogen-bond donors (Lipinski definition) is 2. The second-order valence-corrected chi connectivity index (χ2v) is 7.97. The predicted molar refractivity (Wildman–Crippen MR) is 102 cm³/mol. The molecule has 1 aliphatic carbocycles. The van der Waals surface area contributed by atoms with Gasteiger partial charge >= 0.3 is 0 Å². The van der Waals surface area contributed by atoms with Crippen molar-refractivity contribution in [2.45, 2.75) is 57.1 Å². The molecule has 1 aromatic carbocycles. The molecule has 2 aliphatic rings. The summed E-state index contributed by atoms with van der Waals surface area (Å²) in [4.78, 5) is 14.6. The van der Waals surface area contributed by atoms with Gasteiger partial charge in [0.25, 0.3) is 0 Å². The number of aliphatic hydroxyl groups is 1. The molecule has 2 atom stereocenters. The first-order valence-electron chi connectivity index (χ1n) is 9.89. The fourth-order valence-electron chi connectivity index (χ4n) is 4.26. The van der Waals surface area contributed by atoms with E-state index in [9.17, 15) is 9.90 Å². The molecule has 0 spiro atoms. The number of rotatable bonds is 5. The van der Waals surface area contributed by atoms with Crippen molar-refractivity contribution in [3.63, 3.8) is 0 Å². The molecule has 0 aromatic heterocycles. The number of carbonyl (C=O) groups excluding carboxylic acids is 1. The van der Waals surface area contributed by atoms with Crippen LogP contribution < -0.4 is 10.1 Å². The monoisotopic (exact) mass is 360 g/mol. The van der Waals surface area contributed by atoms with E-state index in [2.05, 4.69) is 17.1 Å². The van der Waals surface area contributed by atoms with Crippen molar-refractivity contribution >= 4 is 5.91 Å². The lowest BCUT2D eigenvalue weighted by atomic mass is 9.84. The first-order chi connectivity index (χ1) is 12.5. The summed E-state index contributed by atoms with van der Waals surface area (Å²) in [6, 6.07) is 7.98. The Morgan fingerprint density at radius 3 is 2.50 bits per heavy atom. The van der Waals surface area contributed by atoms with Crippen molar-refractivity contribution in [2.75, 3.05) is 26.7 Å². The molecule has 5 nitrogen and oxygen atoms in total. The van der Waals surface area contributed by atoms with Crippen LogP contribution in [0, 0.1) is 5.92 Å². The molecule has 0 radical (unpaired) electrons. The van der Waals surface area contributed by atoms with Crippen LogP contribution in [0.15, 0.2) is 24.3 Å². The van der Waals surface area contributed by atoms with E-state index in [1.807, 2.05) is 24.3 Å². The van der Waals surface area contributed by atoms with Gasteiger partial charge < -0.3 is 15.2 Å². The van der Waals surface area contributed by atoms with Crippen LogP contribution in [0.2, 0.25) is 0 Å². The summed E-state index contributed by atoms with van der Waals surface area (Å²) in [6.45, 7) is 4.13. The van der Waals surface area contributed by atoms with E-state index in [1.54, 1.807) is 7.11 Å². The van der Waals surface area contributed by atoms with Crippen LogP contribution in [0.3, 0.4) is 0 Å². The van der Waals surface area contributed by atoms with Gasteiger partial charge in [-0.1, -0.05) is 31.9 Å². The van der Waals surface area contributed by atoms with E-state index in [0.29, 0.717) is 31.3 Å². The molecule has 1 amide bonds. The average molecular weight is 360 g/mol. The first kappa shape index (κ1) is 19.2. The highest BCUT2D eigenvalue weighted by Gasteiger charge is 2.34. The second kappa shape index (κ2) is 8.40. The maximum atomic E-state index is 12.4. The normalized spacial score (nSPS) is 26.3. The Balaban J connectivity index is 1.48. The third-order valence-corrected chi connectivity index (χ3v) is 6.14. The molecule has 1 heterocycles. The van der Waals surface area contributed by atoms with Gasteiger partial charge in [0.2, 0.25) is 5.91 Å². The topological polar surface area (TPSA) is 61.8 Å². The van der Waals surface area contributed by atoms with Crippen molar-refractivity contribution in [3.8, 4) is 5.75 Å². The van der Waals surface area contributed by atoms with Gasteiger partial charge in [-0.3, -0.25) is 9.69 Å². The van der Waals surface area contributed by atoms with Gasteiger partial charge in [-0.05, 0) is 49.3 Å². The molecule has 2 fully saturated rings. The van der Waals surface area contributed by atoms with Gasteiger partial charge in [0, 0.05) is 19.1 Å². The molecule has 3 rings (SSSR count). The Morgan fingerprint density at radius 2 is 1.88 bits per heavy atom. The zero-order valence-corrected chi connectivity index (χ0v) is 16.0. The first-order valence-corrected chi connectivity index (χ1v) is 9.89. The number of methoxy groups -OCH3 is 1. The lowest BCUT2D eigenvalue weighted by Gasteiger charge is -2.38. The van der Waals surface area contributed by atoms with Gasteiger partial charge in [-0.25, -0.2) is 0 Å². The summed E-state index contributed by atoms with van der Waals surface area (Å²) in [6.07, 6.45) is 6.10. The van der Waals surface area contributed by atoms with Crippen LogP contribution in [-0.2, 0) is 10.4 Å². The number of piperidine rings is 1. The Hall–Kier alpha value is -1.59. The van der Waals surface area contributed by atoms with Crippen molar-refractivity contribution < 1.29 is 14.6 Å². The van der Waals surface area contributed by atoms with Gasteiger partial charge in [0.05, 0.1) is 19.3 Å². The molecule has 26 heavy (non-hydrogen) atoms. The van der Waals surface area contributed by atoms with E-state index < -0.39 is 5.60 Å². The Morgan fingerprint density at radius 1 is 1.23 bits per heavy atom. The van der Waals surface area contributed by atoms with Crippen LogP contribution in [0.4, 0.5) is 0 Å². The molecule has 1 aromatic rings. The lowest BCUT2D eigenvalue weighted by Crippen LogP contribution is -2.49. The highest BCUT2D eigenvalue weighted by Crippen LogP contribution is 2.33. The van der Waals surface area contributed by atoms with Crippen molar-refractivity contribution in [3.05, 3.63) is 29.8 Å². The highest BCUT2D eigenvalue weighted by molar-refractivity contribution is 5.78. The SMILES string of the molecule is COc1ccc(C2(O)CCN(CC(=O)NC3CCCCC3C)CC2)cc1. The van der Waals surface area contributed by atoms with E-state index in [-0.39, 0.29) is 5.91 Å². The quantitative estimate of drug-likeness (QED) is 0.847. The Kier molecular flexibility index (Phi) is 6.20. The number of carbonyl (C=O) groups is 1. The molecule has 1 saturated carbocycles. The summed E-state index contributed by atoms with van der Waals surface area (Å²) in [5.74, 6) is 1.50. The third-order valence-electron chi connectivity index (χ3n) is 6.14. The minimum absolute atomic E-state index is 0.124. The lowest BCUT2D eigenvalue weighted by molar-refractivity contribution is -0.124. The number of amides is 1. The fraction of sp³-hybridized carbons (Fsp3) is 0.667. The molecule has 1 aliphatic heterocycles. The van der Waals surface area contributed by atoms with Gasteiger partial charge in [-0.15, -0.1) is 0 Å². The summed E-state index contributed by atoms with van der Waals surface area (Å²) in [7, 11) is 1.64. The molecule has 1 saturated heterocycles. The summed E-state index contributed by atoms with van der Waals surface area (Å²) in [5.41, 5.74) is 0.121. The molecule has 0 bridgehead atoms. The highest BCUT2D eigenvalue weighted by atomic mass is 16.5. The number of nitrogens with zero attached hydrogens (tertiary/aromatic N) is 1. The maximum absolute atomic E-state index is 12.4. The summed E-state index contributed by atoms with van der Waals surface area (Å²) in [5, 5.41) is 14.2. The number of likely N-dealkylation sites (tertiary alicyclic amines) is 1. The molecule has 144 valence electrons.